The molecule has 0 aliphatic heterocycles. The molecule has 5 rings (SSSR count). The van der Waals surface area contributed by atoms with Gasteiger partial charge in [-0.1, -0.05) is 11.3 Å². The number of nitrogens with one attached hydrogen (secondary N) is 2. The van der Waals surface area contributed by atoms with Gasteiger partial charge in [0.15, 0.2) is 5.69 Å². The molecule has 4 heterocycles. The Kier molecular flexibility index (Phi) is 3.98. The molecule has 10 heteroatoms. The molecular weight excluding hydrogens is 388 g/mol. The fourth-order valence-electron chi connectivity index (χ4n) is 3.11. The van der Waals surface area contributed by atoms with Crippen molar-refractivity contribution in [3.05, 3.63) is 59.5 Å². The zero-order valence-corrected chi connectivity index (χ0v) is 16.4. The van der Waals surface area contributed by atoms with E-state index in [1.165, 1.54) is 0 Å². The van der Waals surface area contributed by atoms with Gasteiger partial charge in [0.2, 0.25) is 0 Å². The fourth-order valence-corrected chi connectivity index (χ4v) is 3.78. The van der Waals surface area contributed by atoms with Crippen LogP contribution in [0.3, 0.4) is 0 Å². The molecular formula is C19H16N8OS. The minimum absolute atomic E-state index is 0.262. The average molecular weight is 404 g/mol. The minimum Gasteiger partial charge on any atom is -0.337 e. The second-order valence-corrected chi connectivity index (χ2v) is 7.50. The summed E-state index contributed by atoms with van der Waals surface area (Å²) in [6.45, 7) is 1.80. The highest BCUT2D eigenvalue weighted by atomic mass is 32.1. The highest BCUT2D eigenvalue weighted by molar-refractivity contribution is 7.13. The molecule has 1 aromatic carbocycles. The Labute approximate surface area is 169 Å². The summed E-state index contributed by atoms with van der Waals surface area (Å²) < 4.78 is 3.26. The number of rotatable bonds is 4. The molecule has 5 aromatic rings. The molecule has 0 aliphatic carbocycles. The van der Waals surface area contributed by atoms with Gasteiger partial charge in [0.25, 0.3) is 5.91 Å². The Hall–Kier alpha value is -3.79. The van der Waals surface area contributed by atoms with E-state index in [0.29, 0.717) is 11.4 Å². The number of hydrogen-bond donors (Lipinski definition) is 2. The van der Waals surface area contributed by atoms with Crippen molar-refractivity contribution in [3.8, 4) is 16.4 Å². The SMILES string of the molecule is Cc1c(C(=O)Nc2ccc3nc(-c4cccs4)[nH]c3c2)nnn1-c1cnn(C)c1. The summed E-state index contributed by atoms with van der Waals surface area (Å²) in [5.41, 5.74) is 3.98. The molecule has 29 heavy (non-hydrogen) atoms. The van der Waals surface area contributed by atoms with Gasteiger partial charge in [0.1, 0.15) is 11.5 Å². The van der Waals surface area contributed by atoms with Crippen LogP contribution < -0.4 is 5.32 Å². The van der Waals surface area contributed by atoms with E-state index >= 15 is 0 Å². The van der Waals surface area contributed by atoms with Crippen molar-refractivity contribution in [3.63, 3.8) is 0 Å². The lowest BCUT2D eigenvalue weighted by Gasteiger charge is -2.04. The number of carbonyl (C=O) groups excluding carboxylic acids is 1. The lowest BCUT2D eigenvalue weighted by molar-refractivity contribution is 0.102. The number of hydrogen-bond acceptors (Lipinski definition) is 6. The molecule has 0 saturated carbocycles. The first-order valence-corrected chi connectivity index (χ1v) is 9.73. The van der Waals surface area contributed by atoms with Gasteiger partial charge in [0, 0.05) is 12.7 Å². The molecule has 0 saturated heterocycles. The van der Waals surface area contributed by atoms with Gasteiger partial charge in [-0.3, -0.25) is 9.48 Å². The number of benzene rings is 1. The molecule has 0 radical (unpaired) electrons. The predicted octanol–water partition coefficient (Wildman–Crippen LogP) is 3.17. The molecule has 0 atom stereocenters. The number of carbonyl (C=O) groups is 1. The van der Waals surface area contributed by atoms with Crippen LogP contribution >= 0.6 is 11.3 Å². The van der Waals surface area contributed by atoms with Gasteiger partial charge in [-0.25, -0.2) is 9.67 Å². The largest absolute Gasteiger partial charge is 0.337 e. The van der Waals surface area contributed by atoms with Gasteiger partial charge in [-0.05, 0) is 36.6 Å². The van der Waals surface area contributed by atoms with E-state index in [1.54, 1.807) is 40.0 Å². The Morgan fingerprint density at radius 1 is 1.28 bits per heavy atom. The number of fused-ring (bicyclic) bond motifs is 1. The summed E-state index contributed by atoms with van der Waals surface area (Å²) in [7, 11) is 1.82. The van der Waals surface area contributed by atoms with Crippen molar-refractivity contribution in [1.29, 1.82) is 0 Å². The van der Waals surface area contributed by atoms with Crippen LogP contribution in [0.25, 0.3) is 27.4 Å². The van der Waals surface area contributed by atoms with Crippen LogP contribution in [0.2, 0.25) is 0 Å². The average Bonchev–Trinajstić information content (AvgIpc) is 3.47. The minimum atomic E-state index is -0.324. The number of nitrogens with zero attached hydrogens (tertiary/aromatic N) is 6. The molecule has 0 unspecified atom stereocenters. The summed E-state index contributed by atoms with van der Waals surface area (Å²) in [6, 6.07) is 9.55. The lowest BCUT2D eigenvalue weighted by atomic mass is 10.2. The van der Waals surface area contributed by atoms with Crippen molar-refractivity contribution in [2.75, 3.05) is 5.32 Å². The zero-order chi connectivity index (χ0) is 20.0. The van der Waals surface area contributed by atoms with E-state index in [2.05, 4.69) is 30.7 Å². The van der Waals surface area contributed by atoms with Gasteiger partial charge >= 0.3 is 0 Å². The van der Waals surface area contributed by atoms with Crippen LogP contribution in [-0.4, -0.2) is 40.6 Å². The predicted molar refractivity (Wildman–Crippen MR) is 110 cm³/mol. The molecule has 2 N–H and O–H groups in total. The third-order valence-corrected chi connectivity index (χ3v) is 5.42. The first-order valence-electron chi connectivity index (χ1n) is 8.85. The van der Waals surface area contributed by atoms with Crippen molar-refractivity contribution in [1.82, 2.24) is 34.7 Å². The van der Waals surface area contributed by atoms with Crippen LogP contribution in [0.4, 0.5) is 5.69 Å². The number of thiophene rings is 1. The van der Waals surface area contributed by atoms with Gasteiger partial charge in [-0.2, -0.15) is 5.10 Å². The van der Waals surface area contributed by atoms with Gasteiger partial charge in [0.05, 0.1) is 34.0 Å². The molecule has 0 bridgehead atoms. The van der Waals surface area contributed by atoms with E-state index in [4.69, 9.17) is 0 Å². The smallest absolute Gasteiger partial charge is 0.278 e. The van der Waals surface area contributed by atoms with Crippen LogP contribution in [0.5, 0.6) is 0 Å². The number of H-pyrrole nitrogens is 1. The Balaban J connectivity index is 1.41. The third-order valence-electron chi connectivity index (χ3n) is 4.54. The second-order valence-electron chi connectivity index (χ2n) is 6.56. The molecule has 1 amide bonds. The number of imidazole rings is 1. The first-order chi connectivity index (χ1) is 14.1. The summed E-state index contributed by atoms with van der Waals surface area (Å²) in [5.74, 6) is 0.490. The van der Waals surface area contributed by atoms with Crippen LogP contribution in [0.1, 0.15) is 16.2 Å². The third kappa shape index (κ3) is 3.09. The van der Waals surface area contributed by atoms with Crippen molar-refractivity contribution < 1.29 is 4.79 Å². The summed E-state index contributed by atoms with van der Waals surface area (Å²) in [4.78, 5) is 21.7. The molecule has 4 aromatic heterocycles. The standard InChI is InChI=1S/C19H16N8OS/c1-11-17(24-25-27(11)13-9-20-26(2)10-13)19(28)21-12-5-6-14-15(8-12)23-18(22-14)16-4-3-7-29-16/h3-10H,1-2H3,(H,21,28)(H,22,23). The molecule has 0 fully saturated rings. The van der Waals surface area contributed by atoms with E-state index in [-0.39, 0.29) is 11.6 Å². The molecule has 0 aliphatic rings. The van der Waals surface area contributed by atoms with Crippen LogP contribution in [0, 0.1) is 6.92 Å². The van der Waals surface area contributed by atoms with E-state index in [0.717, 1.165) is 27.4 Å². The summed E-state index contributed by atoms with van der Waals surface area (Å²) >= 11 is 1.62. The Bertz CT molecular complexity index is 1330. The highest BCUT2D eigenvalue weighted by Crippen LogP contribution is 2.26. The van der Waals surface area contributed by atoms with Crippen molar-refractivity contribution in [2.24, 2.45) is 7.05 Å². The number of aryl methyl sites for hydroxylation is 1. The van der Waals surface area contributed by atoms with Crippen molar-refractivity contribution in [2.45, 2.75) is 6.92 Å². The zero-order valence-electron chi connectivity index (χ0n) is 15.6. The Morgan fingerprint density at radius 3 is 2.93 bits per heavy atom. The van der Waals surface area contributed by atoms with Crippen molar-refractivity contribution >= 4 is 34.0 Å². The van der Waals surface area contributed by atoms with Gasteiger partial charge in [-0.15, -0.1) is 16.4 Å². The van der Waals surface area contributed by atoms with Crippen LogP contribution in [-0.2, 0) is 7.05 Å². The molecule has 144 valence electrons. The summed E-state index contributed by atoms with van der Waals surface area (Å²) in [6.07, 6.45) is 3.47. The second kappa shape index (κ2) is 6.67. The van der Waals surface area contributed by atoms with Crippen LogP contribution in [0.15, 0.2) is 48.1 Å². The van der Waals surface area contributed by atoms with E-state index < -0.39 is 0 Å². The quantitative estimate of drug-likeness (QED) is 0.479. The number of anilines is 1. The number of aromatic amines is 1. The van der Waals surface area contributed by atoms with E-state index in [1.807, 2.05) is 42.8 Å². The monoisotopic (exact) mass is 404 g/mol. The van der Waals surface area contributed by atoms with Gasteiger partial charge < -0.3 is 10.3 Å². The normalized spacial score (nSPS) is 11.2. The lowest BCUT2D eigenvalue weighted by Crippen LogP contribution is -2.14. The Morgan fingerprint density at radius 2 is 2.17 bits per heavy atom. The maximum absolute atomic E-state index is 12.7. The number of amides is 1. The maximum atomic E-state index is 12.7. The first kappa shape index (κ1) is 17.3. The molecule has 0 spiro atoms. The fraction of sp³-hybridized carbons (Fsp3) is 0.105. The number of aromatic nitrogens is 7. The molecule has 9 nitrogen and oxygen atoms in total. The maximum Gasteiger partial charge on any atom is 0.278 e. The topological polar surface area (TPSA) is 106 Å². The van der Waals surface area contributed by atoms with E-state index in [9.17, 15) is 4.79 Å². The summed E-state index contributed by atoms with van der Waals surface area (Å²) in [5, 5.41) is 17.1. The highest BCUT2D eigenvalue weighted by Gasteiger charge is 2.18.